The van der Waals surface area contributed by atoms with Crippen LogP contribution in [0.25, 0.3) is 10.8 Å². The topological polar surface area (TPSA) is 56.5 Å². The lowest BCUT2D eigenvalue weighted by Crippen LogP contribution is -2.08. The Labute approximate surface area is 99.0 Å². The van der Waals surface area contributed by atoms with Crippen LogP contribution in [0.15, 0.2) is 37.9 Å². The number of hydrogen-bond acceptors (Lipinski definition) is 4. The molecule has 0 bridgehead atoms. The summed E-state index contributed by atoms with van der Waals surface area (Å²) in [4.78, 5) is 22.8. The minimum atomic E-state index is -0.665. The molecule has 0 radical (unpaired) electrons. The molecule has 0 spiro atoms. The molecule has 0 fully saturated rings. The highest BCUT2D eigenvalue weighted by Gasteiger charge is 2.12. The van der Waals surface area contributed by atoms with Crippen molar-refractivity contribution in [1.29, 1.82) is 0 Å². The van der Waals surface area contributed by atoms with Crippen molar-refractivity contribution in [2.75, 3.05) is 7.11 Å². The summed E-state index contributed by atoms with van der Waals surface area (Å²) < 4.78 is 10.1. The molecule has 0 N–H and O–H groups in total. The van der Waals surface area contributed by atoms with Crippen molar-refractivity contribution in [3.8, 4) is 0 Å². The molecular weight excluding hydrogens is 276 g/mol. The summed E-state index contributed by atoms with van der Waals surface area (Å²) in [5, 5.41) is 1.06. The number of benzene rings is 1. The molecule has 82 valence electrons. The second-order valence-electron chi connectivity index (χ2n) is 3.12. The van der Waals surface area contributed by atoms with E-state index in [1.54, 1.807) is 18.2 Å². The largest absolute Gasteiger partial charge is 0.463 e. The van der Waals surface area contributed by atoms with Gasteiger partial charge in [-0.1, -0.05) is 22.0 Å². The number of carbonyl (C=O) groups excluding carboxylic acids is 1. The fourth-order valence-electron chi connectivity index (χ4n) is 1.36. The molecule has 0 saturated carbocycles. The molecule has 2 rings (SSSR count). The van der Waals surface area contributed by atoms with Crippen molar-refractivity contribution in [3.63, 3.8) is 0 Å². The van der Waals surface area contributed by atoms with Gasteiger partial charge in [0, 0.05) is 4.47 Å². The maximum Gasteiger partial charge on any atom is 0.374 e. The van der Waals surface area contributed by atoms with E-state index < -0.39 is 11.6 Å². The van der Waals surface area contributed by atoms with Gasteiger partial charge in [-0.2, -0.15) is 0 Å². The molecule has 0 aliphatic rings. The van der Waals surface area contributed by atoms with Crippen LogP contribution in [0.3, 0.4) is 0 Å². The number of esters is 1. The molecule has 1 aromatic heterocycles. The van der Waals surface area contributed by atoms with Crippen LogP contribution < -0.4 is 5.63 Å². The zero-order chi connectivity index (χ0) is 11.7. The van der Waals surface area contributed by atoms with Crippen LogP contribution >= 0.6 is 15.9 Å². The molecular formula is C11H7BrO4. The Morgan fingerprint density at radius 2 is 2.12 bits per heavy atom. The first kappa shape index (κ1) is 10.9. The lowest BCUT2D eigenvalue weighted by Gasteiger charge is -2.00. The first-order chi connectivity index (χ1) is 7.61. The average Bonchev–Trinajstić information content (AvgIpc) is 2.28. The van der Waals surface area contributed by atoms with Crippen LogP contribution in [0.5, 0.6) is 0 Å². The Hall–Kier alpha value is -1.62. The quantitative estimate of drug-likeness (QED) is 0.754. The van der Waals surface area contributed by atoms with Crippen LogP contribution in [0.4, 0.5) is 0 Å². The van der Waals surface area contributed by atoms with E-state index in [1.807, 2.05) is 0 Å². The Morgan fingerprint density at radius 1 is 1.38 bits per heavy atom. The lowest BCUT2D eigenvalue weighted by molar-refractivity contribution is 0.0560. The van der Waals surface area contributed by atoms with E-state index in [0.29, 0.717) is 10.8 Å². The number of hydrogen-bond donors (Lipinski definition) is 0. The monoisotopic (exact) mass is 282 g/mol. The Morgan fingerprint density at radius 3 is 2.81 bits per heavy atom. The van der Waals surface area contributed by atoms with Gasteiger partial charge in [-0.15, -0.1) is 0 Å². The smallest absolute Gasteiger partial charge is 0.374 e. The molecule has 5 heteroatoms. The van der Waals surface area contributed by atoms with Gasteiger partial charge in [0.2, 0.25) is 5.76 Å². The maximum absolute atomic E-state index is 11.6. The van der Waals surface area contributed by atoms with Crippen molar-refractivity contribution in [3.05, 3.63) is 44.9 Å². The third-order valence-corrected chi connectivity index (χ3v) is 2.60. The van der Waals surface area contributed by atoms with Gasteiger partial charge < -0.3 is 9.15 Å². The Bertz CT molecular complexity index is 615. The van der Waals surface area contributed by atoms with Gasteiger partial charge in [0.25, 0.3) is 0 Å². The number of carbonyl (C=O) groups is 1. The van der Waals surface area contributed by atoms with E-state index in [9.17, 15) is 9.59 Å². The summed E-state index contributed by atoms with van der Waals surface area (Å²) in [5.41, 5.74) is -0.556. The highest BCUT2D eigenvalue weighted by atomic mass is 79.9. The SMILES string of the molecule is COC(=O)c1cc2ccc(Br)cc2c(=O)o1. The van der Waals surface area contributed by atoms with Crippen molar-refractivity contribution in [2.24, 2.45) is 0 Å². The molecule has 0 aliphatic heterocycles. The fourth-order valence-corrected chi connectivity index (χ4v) is 1.72. The molecule has 0 saturated heterocycles. The Balaban J connectivity index is 2.73. The average molecular weight is 283 g/mol. The zero-order valence-electron chi connectivity index (χ0n) is 8.32. The molecule has 0 amide bonds. The van der Waals surface area contributed by atoms with Gasteiger partial charge in [-0.3, -0.25) is 0 Å². The van der Waals surface area contributed by atoms with Gasteiger partial charge in [0.1, 0.15) is 0 Å². The highest BCUT2D eigenvalue weighted by Crippen LogP contribution is 2.18. The second-order valence-corrected chi connectivity index (χ2v) is 4.04. The molecule has 0 unspecified atom stereocenters. The third kappa shape index (κ3) is 1.86. The summed E-state index contributed by atoms with van der Waals surface area (Å²) in [7, 11) is 1.23. The normalized spacial score (nSPS) is 10.4. The van der Waals surface area contributed by atoms with E-state index >= 15 is 0 Å². The highest BCUT2D eigenvalue weighted by molar-refractivity contribution is 9.10. The molecule has 0 aliphatic carbocycles. The first-order valence-corrected chi connectivity index (χ1v) is 5.23. The van der Waals surface area contributed by atoms with Crippen LogP contribution in [-0.2, 0) is 4.74 Å². The Kier molecular flexibility index (Phi) is 2.78. The summed E-state index contributed by atoms with van der Waals surface area (Å²) in [6.07, 6.45) is 0. The van der Waals surface area contributed by atoms with Crippen LogP contribution in [0, 0.1) is 0 Å². The number of ether oxygens (including phenoxy) is 1. The number of methoxy groups -OCH3 is 1. The standard InChI is InChI=1S/C11H7BrO4/c1-15-11(14)9-4-6-2-3-7(12)5-8(6)10(13)16-9/h2-5H,1H3. The molecule has 2 aromatic rings. The van der Waals surface area contributed by atoms with E-state index in [0.717, 1.165) is 4.47 Å². The molecule has 4 nitrogen and oxygen atoms in total. The van der Waals surface area contributed by atoms with E-state index in [4.69, 9.17) is 4.42 Å². The summed E-state index contributed by atoms with van der Waals surface area (Å²) in [6, 6.07) is 6.63. The minimum absolute atomic E-state index is 0.0951. The predicted octanol–water partition coefficient (Wildman–Crippen LogP) is 2.34. The number of halogens is 1. The second kappa shape index (κ2) is 4.09. The lowest BCUT2D eigenvalue weighted by atomic mass is 10.2. The van der Waals surface area contributed by atoms with Crippen LogP contribution in [-0.4, -0.2) is 13.1 Å². The van der Waals surface area contributed by atoms with Crippen molar-refractivity contribution >= 4 is 32.7 Å². The molecule has 1 heterocycles. The molecule has 0 atom stereocenters. The predicted molar refractivity (Wildman–Crippen MR) is 61.5 cm³/mol. The van der Waals surface area contributed by atoms with Crippen LogP contribution in [0.2, 0.25) is 0 Å². The van der Waals surface area contributed by atoms with E-state index in [-0.39, 0.29) is 5.76 Å². The zero-order valence-corrected chi connectivity index (χ0v) is 9.91. The summed E-state index contributed by atoms with van der Waals surface area (Å²) >= 11 is 3.26. The van der Waals surface area contributed by atoms with Crippen molar-refractivity contribution in [2.45, 2.75) is 0 Å². The first-order valence-electron chi connectivity index (χ1n) is 4.43. The van der Waals surface area contributed by atoms with Gasteiger partial charge in [-0.05, 0) is 23.6 Å². The van der Waals surface area contributed by atoms with Gasteiger partial charge >= 0.3 is 11.6 Å². The summed E-state index contributed by atoms with van der Waals surface area (Å²) in [6.45, 7) is 0. The number of fused-ring (bicyclic) bond motifs is 1. The van der Waals surface area contributed by atoms with E-state index in [2.05, 4.69) is 20.7 Å². The van der Waals surface area contributed by atoms with Crippen molar-refractivity contribution in [1.82, 2.24) is 0 Å². The van der Waals surface area contributed by atoms with Crippen molar-refractivity contribution < 1.29 is 13.9 Å². The van der Waals surface area contributed by atoms with Gasteiger partial charge in [0.15, 0.2) is 0 Å². The fraction of sp³-hybridized carbons (Fsp3) is 0.0909. The molecule has 1 aromatic carbocycles. The van der Waals surface area contributed by atoms with Crippen LogP contribution in [0.1, 0.15) is 10.6 Å². The van der Waals surface area contributed by atoms with E-state index in [1.165, 1.54) is 13.2 Å². The summed E-state index contributed by atoms with van der Waals surface area (Å²) in [5.74, 6) is -0.760. The minimum Gasteiger partial charge on any atom is -0.463 e. The number of rotatable bonds is 1. The molecule has 16 heavy (non-hydrogen) atoms. The van der Waals surface area contributed by atoms with Gasteiger partial charge in [0.05, 0.1) is 12.5 Å². The maximum atomic E-state index is 11.6. The van der Waals surface area contributed by atoms with Gasteiger partial charge in [-0.25, -0.2) is 9.59 Å². The third-order valence-electron chi connectivity index (χ3n) is 2.11.